The van der Waals surface area contributed by atoms with Crippen molar-refractivity contribution in [2.24, 2.45) is 0 Å². The summed E-state index contributed by atoms with van der Waals surface area (Å²) < 4.78 is 24.8. The fourth-order valence-corrected chi connectivity index (χ4v) is 4.14. The summed E-state index contributed by atoms with van der Waals surface area (Å²) in [5.41, 5.74) is 0.498. The molecule has 0 saturated carbocycles. The zero-order chi connectivity index (χ0) is 17.6. The van der Waals surface area contributed by atoms with E-state index in [1.165, 1.54) is 17.5 Å². The summed E-state index contributed by atoms with van der Waals surface area (Å²) >= 11 is 1.19. The van der Waals surface area contributed by atoms with Crippen LogP contribution in [0.1, 0.15) is 13.3 Å². The summed E-state index contributed by atoms with van der Waals surface area (Å²) in [6, 6.07) is 8.53. The number of para-hydroxylation sites is 1. The predicted molar refractivity (Wildman–Crippen MR) is 93.7 cm³/mol. The molecule has 2 aromatic rings. The Balaban J connectivity index is 2.03. The maximum Gasteiger partial charge on any atom is 0.244 e. The number of hydrogen-bond donors (Lipinski definition) is 2. The second kappa shape index (κ2) is 8.02. The van der Waals surface area contributed by atoms with Gasteiger partial charge in [-0.2, -0.15) is 0 Å². The molecule has 9 heteroatoms. The van der Waals surface area contributed by atoms with E-state index < -0.39 is 32.7 Å². The third-order valence-electron chi connectivity index (χ3n) is 3.15. The average molecular weight is 367 g/mol. The monoisotopic (exact) mass is 367 g/mol. The Hall–Kier alpha value is -2.26. The molecule has 0 radical (unpaired) electrons. The summed E-state index contributed by atoms with van der Waals surface area (Å²) in [7, 11) is -3.94. The Morgan fingerprint density at radius 3 is 2.50 bits per heavy atom. The Morgan fingerprint density at radius 1 is 1.21 bits per heavy atom. The van der Waals surface area contributed by atoms with Crippen LogP contribution >= 0.6 is 11.3 Å². The minimum absolute atomic E-state index is 0.0676. The van der Waals surface area contributed by atoms with Crippen molar-refractivity contribution in [2.45, 2.75) is 18.6 Å². The summed E-state index contributed by atoms with van der Waals surface area (Å²) in [6.45, 7) is 1.58. The topological polar surface area (TPSA) is 105 Å². The van der Waals surface area contributed by atoms with Crippen LogP contribution in [0.25, 0.3) is 0 Å². The zero-order valence-electron chi connectivity index (χ0n) is 12.9. The lowest BCUT2D eigenvalue weighted by atomic mass is 10.3. The molecule has 24 heavy (non-hydrogen) atoms. The van der Waals surface area contributed by atoms with Gasteiger partial charge in [-0.3, -0.25) is 9.59 Å². The van der Waals surface area contributed by atoms with Crippen LogP contribution in [0.15, 0.2) is 41.9 Å². The van der Waals surface area contributed by atoms with Crippen molar-refractivity contribution in [3.8, 4) is 0 Å². The van der Waals surface area contributed by atoms with Crippen LogP contribution in [0, 0.1) is 0 Å². The van der Waals surface area contributed by atoms with Gasteiger partial charge in [-0.05, 0) is 18.6 Å². The fraction of sp³-hybridized carbons (Fsp3) is 0.267. The number of rotatable bonds is 7. The molecule has 1 aromatic carbocycles. The second-order valence-corrected chi connectivity index (χ2v) is 8.02. The molecule has 1 unspecified atom stereocenters. The lowest BCUT2D eigenvalue weighted by Gasteiger charge is -2.14. The minimum atomic E-state index is -3.94. The highest BCUT2D eigenvalue weighted by molar-refractivity contribution is 7.93. The van der Waals surface area contributed by atoms with Gasteiger partial charge >= 0.3 is 0 Å². The van der Waals surface area contributed by atoms with Gasteiger partial charge in [-0.25, -0.2) is 13.4 Å². The number of nitrogens with zero attached hydrogens (tertiary/aromatic N) is 1. The molecule has 1 heterocycles. The molecule has 128 valence electrons. The molecule has 0 bridgehead atoms. The first-order valence-electron chi connectivity index (χ1n) is 7.19. The number of hydrogen-bond acceptors (Lipinski definition) is 6. The summed E-state index contributed by atoms with van der Waals surface area (Å²) in [5.74, 6) is -2.12. The number of benzene rings is 1. The first-order chi connectivity index (χ1) is 11.4. The van der Waals surface area contributed by atoms with Gasteiger partial charge in [-0.1, -0.05) is 25.1 Å². The Morgan fingerprint density at radius 2 is 1.92 bits per heavy atom. The van der Waals surface area contributed by atoms with Gasteiger partial charge in [0.05, 0.1) is 0 Å². The molecule has 0 aliphatic rings. The first-order valence-corrected chi connectivity index (χ1v) is 9.78. The Labute approximate surface area is 144 Å². The van der Waals surface area contributed by atoms with Gasteiger partial charge in [-0.15, -0.1) is 11.3 Å². The molecule has 0 fully saturated rings. The van der Waals surface area contributed by atoms with E-state index in [0.717, 1.165) is 0 Å². The summed E-state index contributed by atoms with van der Waals surface area (Å²) in [4.78, 5) is 28.0. The Bertz CT molecular complexity index is 789. The van der Waals surface area contributed by atoms with Crippen molar-refractivity contribution >= 4 is 43.8 Å². The third-order valence-corrected chi connectivity index (χ3v) is 5.92. The van der Waals surface area contributed by atoms with Gasteiger partial charge in [0.15, 0.2) is 15.0 Å². The Kier molecular flexibility index (Phi) is 6.04. The van der Waals surface area contributed by atoms with Crippen molar-refractivity contribution < 1.29 is 18.0 Å². The van der Waals surface area contributed by atoms with Crippen LogP contribution in [-0.2, 0) is 19.4 Å². The number of carbonyl (C=O) groups excluding carboxylic acids is 2. The first kappa shape index (κ1) is 18.1. The van der Waals surface area contributed by atoms with E-state index >= 15 is 0 Å². The van der Waals surface area contributed by atoms with Gasteiger partial charge < -0.3 is 10.6 Å². The predicted octanol–water partition coefficient (Wildman–Crippen LogP) is 1.91. The number of thiazole rings is 1. The smallest absolute Gasteiger partial charge is 0.244 e. The number of nitrogens with one attached hydrogen (secondary N) is 2. The molecule has 7 nitrogen and oxygen atoms in total. The van der Waals surface area contributed by atoms with Crippen molar-refractivity contribution in [1.82, 2.24) is 4.98 Å². The van der Waals surface area contributed by atoms with Gasteiger partial charge in [0.2, 0.25) is 11.8 Å². The SMILES string of the molecule is CCC(C(=O)Nc1nccs1)S(=O)(=O)CC(=O)Nc1ccccc1. The molecular weight excluding hydrogens is 350 g/mol. The molecule has 0 saturated heterocycles. The van der Waals surface area contributed by atoms with Crippen LogP contribution in [0.5, 0.6) is 0 Å². The average Bonchev–Trinajstić information content (AvgIpc) is 3.00. The van der Waals surface area contributed by atoms with E-state index in [-0.39, 0.29) is 6.42 Å². The number of amides is 2. The lowest BCUT2D eigenvalue weighted by molar-refractivity contribution is -0.115. The van der Waals surface area contributed by atoms with Crippen molar-refractivity contribution in [2.75, 3.05) is 16.4 Å². The molecule has 0 aliphatic heterocycles. The van der Waals surface area contributed by atoms with Gasteiger partial charge in [0.25, 0.3) is 0 Å². The number of carbonyl (C=O) groups is 2. The van der Waals surface area contributed by atoms with Crippen molar-refractivity contribution in [1.29, 1.82) is 0 Å². The molecule has 1 atom stereocenters. The highest BCUT2D eigenvalue weighted by atomic mass is 32.2. The summed E-state index contributed by atoms with van der Waals surface area (Å²) in [5, 5.41) is 5.64. The molecular formula is C15H17N3O4S2. The van der Waals surface area contributed by atoms with Crippen LogP contribution in [0.4, 0.5) is 10.8 Å². The molecule has 1 aromatic heterocycles. The molecule has 0 aliphatic carbocycles. The molecule has 2 rings (SSSR count). The highest BCUT2D eigenvalue weighted by Gasteiger charge is 2.33. The highest BCUT2D eigenvalue weighted by Crippen LogP contribution is 2.15. The standard InChI is InChI=1S/C15H17N3O4S2/c1-2-12(14(20)18-15-16-8-9-23-15)24(21,22)10-13(19)17-11-6-4-3-5-7-11/h3-9,12H,2,10H2,1H3,(H,17,19)(H,16,18,20). The largest absolute Gasteiger partial charge is 0.325 e. The van der Waals surface area contributed by atoms with Gasteiger partial charge in [0, 0.05) is 17.3 Å². The van der Waals surface area contributed by atoms with Crippen LogP contribution in [0.3, 0.4) is 0 Å². The van der Waals surface area contributed by atoms with Crippen LogP contribution in [-0.4, -0.2) is 36.2 Å². The van der Waals surface area contributed by atoms with E-state index in [1.807, 2.05) is 0 Å². The quantitative estimate of drug-likeness (QED) is 0.778. The lowest BCUT2D eigenvalue weighted by Crippen LogP contribution is -2.39. The van der Waals surface area contributed by atoms with Crippen molar-refractivity contribution in [3.05, 3.63) is 41.9 Å². The van der Waals surface area contributed by atoms with E-state index in [0.29, 0.717) is 10.8 Å². The van der Waals surface area contributed by atoms with E-state index in [9.17, 15) is 18.0 Å². The molecule has 0 spiro atoms. The zero-order valence-corrected chi connectivity index (χ0v) is 14.6. The summed E-state index contributed by atoms with van der Waals surface area (Å²) in [6.07, 6.45) is 1.57. The van der Waals surface area contributed by atoms with Crippen molar-refractivity contribution in [3.63, 3.8) is 0 Å². The third kappa shape index (κ3) is 4.87. The van der Waals surface area contributed by atoms with E-state index in [2.05, 4.69) is 15.6 Å². The van der Waals surface area contributed by atoms with Crippen LogP contribution in [0.2, 0.25) is 0 Å². The van der Waals surface area contributed by atoms with Gasteiger partial charge in [0.1, 0.15) is 11.0 Å². The molecule has 2 N–H and O–H groups in total. The molecule has 2 amide bonds. The second-order valence-electron chi connectivity index (χ2n) is 4.94. The normalized spacial score (nSPS) is 12.4. The number of aromatic nitrogens is 1. The fourth-order valence-electron chi connectivity index (χ4n) is 2.08. The van der Waals surface area contributed by atoms with Crippen LogP contribution < -0.4 is 10.6 Å². The number of anilines is 2. The maximum atomic E-state index is 12.4. The number of sulfone groups is 1. The minimum Gasteiger partial charge on any atom is -0.325 e. The maximum absolute atomic E-state index is 12.4. The van der Waals surface area contributed by atoms with E-state index in [4.69, 9.17) is 0 Å². The van der Waals surface area contributed by atoms with E-state index in [1.54, 1.807) is 42.6 Å².